The summed E-state index contributed by atoms with van der Waals surface area (Å²) in [6, 6.07) is 5.16. The van der Waals surface area contributed by atoms with Crippen molar-refractivity contribution in [1.82, 2.24) is 15.5 Å². The number of hydrogen-bond donors (Lipinski definition) is 4. The van der Waals surface area contributed by atoms with Gasteiger partial charge in [0.2, 0.25) is 0 Å². The molecular weight excluding hydrogens is 248 g/mol. The quantitative estimate of drug-likeness (QED) is 0.562. The summed E-state index contributed by atoms with van der Waals surface area (Å²) in [5.41, 5.74) is 7.23. The number of nitrogens with one attached hydrogen (secondary N) is 2. The number of benzene rings is 1. The number of nitrogens with zero attached hydrogens (tertiary/aromatic N) is 1. The highest BCUT2D eigenvalue weighted by Crippen LogP contribution is 2.18. The van der Waals surface area contributed by atoms with Gasteiger partial charge in [0, 0.05) is 24.7 Å². The van der Waals surface area contributed by atoms with Gasteiger partial charge in [0.25, 0.3) is 5.91 Å². The van der Waals surface area contributed by atoms with Gasteiger partial charge in [0.1, 0.15) is 0 Å². The van der Waals surface area contributed by atoms with Crippen LogP contribution in [0.2, 0.25) is 0 Å². The summed E-state index contributed by atoms with van der Waals surface area (Å²) in [6.07, 6.45) is -0.746. The van der Waals surface area contributed by atoms with Crippen molar-refractivity contribution in [3.8, 4) is 0 Å². The number of fused-ring (bicyclic) bond motifs is 1. The molecule has 0 bridgehead atoms. The normalized spacial score (nSPS) is 12.5. The third-order valence-electron chi connectivity index (χ3n) is 2.66. The number of methoxy groups -OCH3 is 1. The van der Waals surface area contributed by atoms with Crippen LogP contribution in [0.15, 0.2) is 18.2 Å². The minimum absolute atomic E-state index is 0.101. The van der Waals surface area contributed by atoms with Crippen molar-refractivity contribution >= 4 is 22.5 Å². The Hall–Kier alpha value is -2.12. The van der Waals surface area contributed by atoms with E-state index >= 15 is 0 Å². The van der Waals surface area contributed by atoms with Gasteiger partial charge in [-0.25, -0.2) is 0 Å². The van der Waals surface area contributed by atoms with E-state index < -0.39 is 6.10 Å². The lowest BCUT2D eigenvalue weighted by Gasteiger charge is -2.09. The van der Waals surface area contributed by atoms with Crippen molar-refractivity contribution in [2.24, 2.45) is 0 Å². The van der Waals surface area contributed by atoms with Crippen LogP contribution in [0.1, 0.15) is 10.5 Å². The van der Waals surface area contributed by atoms with Crippen LogP contribution < -0.4 is 11.1 Å². The van der Waals surface area contributed by atoms with Crippen LogP contribution >= 0.6 is 0 Å². The van der Waals surface area contributed by atoms with E-state index in [4.69, 9.17) is 10.5 Å². The van der Waals surface area contributed by atoms with Gasteiger partial charge in [0.05, 0.1) is 18.2 Å². The summed E-state index contributed by atoms with van der Waals surface area (Å²) in [5.74, 6) is -0.369. The Morgan fingerprint density at radius 1 is 1.63 bits per heavy atom. The van der Waals surface area contributed by atoms with Gasteiger partial charge in [-0.2, -0.15) is 5.10 Å². The summed E-state index contributed by atoms with van der Waals surface area (Å²) >= 11 is 0. The molecule has 102 valence electrons. The molecule has 1 amide bonds. The number of hydrogen-bond acceptors (Lipinski definition) is 5. The molecule has 1 heterocycles. The van der Waals surface area contributed by atoms with E-state index in [1.807, 2.05) is 0 Å². The molecule has 0 spiro atoms. The number of rotatable bonds is 5. The van der Waals surface area contributed by atoms with Crippen molar-refractivity contribution in [2.45, 2.75) is 6.10 Å². The van der Waals surface area contributed by atoms with Gasteiger partial charge in [-0.3, -0.25) is 9.89 Å². The molecule has 2 rings (SSSR count). The van der Waals surface area contributed by atoms with Gasteiger partial charge in [0.15, 0.2) is 5.69 Å². The maximum Gasteiger partial charge on any atom is 0.272 e. The van der Waals surface area contributed by atoms with Gasteiger partial charge >= 0.3 is 0 Å². The number of amides is 1. The van der Waals surface area contributed by atoms with Crippen LogP contribution in [-0.4, -0.2) is 47.6 Å². The molecule has 1 aromatic heterocycles. The molecule has 1 aromatic carbocycles. The second-order valence-electron chi connectivity index (χ2n) is 4.20. The van der Waals surface area contributed by atoms with E-state index in [9.17, 15) is 9.90 Å². The van der Waals surface area contributed by atoms with E-state index in [1.54, 1.807) is 18.2 Å². The SMILES string of the molecule is COCC(O)CNC(=O)c1n[nH]c2ccc(N)cc12. The Morgan fingerprint density at radius 2 is 2.42 bits per heavy atom. The average Bonchev–Trinajstić information content (AvgIpc) is 2.79. The van der Waals surface area contributed by atoms with E-state index in [2.05, 4.69) is 15.5 Å². The van der Waals surface area contributed by atoms with Crippen molar-refractivity contribution in [1.29, 1.82) is 0 Å². The molecule has 0 saturated heterocycles. The zero-order valence-electron chi connectivity index (χ0n) is 10.5. The molecule has 1 atom stereocenters. The lowest BCUT2D eigenvalue weighted by molar-refractivity contribution is 0.0609. The minimum Gasteiger partial charge on any atom is -0.399 e. The number of aliphatic hydroxyl groups excluding tert-OH is 1. The van der Waals surface area contributed by atoms with Crippen molar-refractivity contribution in [2.75, 3.05) is 26.0 Å². The maximum atomic E-state index is 12.0. The van der Waals surface area contributed by atoms with Crippen molar-refractivity contribution in [3.05, 3.63) is 23.9 Å². The Kier molecular flexibility index (Phi) is 3.98. The number of anilines is 1. The fourth-order valence-corrected chi connectivity index (χ4v) is 1.75. The van der Waals surface area contributed by atoms with Crippen LogP contribution in [0.3, 0.4) is 0 Å². The van der Waals surface area contributed by atoms with Crippen LogP contribution in [0.25, 0.3) is 10.9 Å². The van der Waals surface area contributed by atoms with Gasteiger partial charge < -0.3 is 20.9 Å². The summed E-state index contributed by atoms with van der Waals surface area (Å²) in [5, 5.41) is 19.4. The molecule has 2 aromatic rings. The summed E-state index contributed by atoms with van der Waals surface area (Å²) in [4.78, 5) is 12.0. The molecule has 0 aliphatic rings. The number of aromatic amines is 1. The highest BCUT2D eigenvalue weighted by atomic mass is 16.5. The zero-order chi connectivity index (χ0) is 13.8. The topological polar surface area (TPSA) is 113 Å². The molecule has 0 aliphatic heterocycles. The average molecular weight is 264 g/mol. The first-order chi connectivity index (χ1) is 9.11. The van der Waals surface area contributed by atoms with E-state index in [0.29, 0.717) is 11.1 Å². The highest BCUT2D eigenvalue weighted by molar-refractivity contribution is 6.05. The Bertz CT molecular complexity index is 581. The predicted octanol–water partition coefficient (Wildman–Crippen LogP) is -0.118. The first-order valence-electron chi connectivity index (χ1n) is 5.80. The first kappa shape index (κ1) is 13.3. The van der Waals surface area contributed by atoms with Crippen molar-refractivity contribution in [3.63, 3.8) is 0 Å². The molecule has 5 N–H and O–H groups in total. The molecular formula is C12H16N4O3. The lowest BCUT2D eigenvalue weighted by atomic mass is 10.2. The second kappa shape index (κ2) is 5.68. The summed E-state index contributed by atoms with van der Waals surface area (Å²) < 4.78 is 4.77. The van der Waals surface area contributed by atoms with Gasteiger partial charge in [-0.05, 0) is 18.2 Å². The first-order valence-corrected chi connectivity index (χ1v) is 5.80. The number of H-pyrrole nitrogens is 1. The smallest absolute Gasteiger partial charge is 0.272 e. The zero-order valence-corrected chi connectivity index (χ0v) is 10.5. The number of ether oxygens (including phenoxy) is 1. The lowest BCUT2D eigenvalue weighted by Crippen LogP contribution is -2.34. The van der Waals surface area contributed by atoms with Crippen molar-refractivity contribution < 1.29 is 14.6 Å². The molecule has 1 unspecified atom stereocenters. The number of aliphatic hydroxyl groups is 1. The van der Waals surface area contributed by atoms with E-state index in [1.165, 1.54) is 7.11 Å². The molecule has 19 heavy (non-hydrogen) atoms. The van der Waals surface area contributed by atoms with Crippen LogP contribution in [0.5, 0.6) is 0 Å². The Labute approximate surface area is 109 Å². The van der Waals surface area contributed by atoms with E-state index in [0.717, 1.165) is 5.52 Å². The number of nitrogens with two attached hydrogens (primary N) is 1. The fraction of sp³-hybridized carbons (Fsp3) is 0.333. The maximum absolute atomic E-state index is 12.0. The largest absolute Gasteiger partial charge is 0.399 e. The van der Waals surface area contributed by atoms with Gasteiger partial charge in [-0.15, -0.1) is 0 Å². The summed E-state index contributed by atoms with van der Waals surface area (Å²) in [6.45, 7) is 0.262. The number of carbonyl (C=O) groups excluding carboxylic acids is 1. The molecule has 0 aliphatic carbocycles. The third kappa shape index (κ3) is 3.01. The second-order valence-corrected chi connectivity index (χ2v) is 4.20. The van der Waals surface area contributed by atoms with Crippen LogP contribution in [-0.2, 0) is 4.74 Å². The number of aromatic nitrogens is 2. The number of nitrogen functional groups attached to an aromatic ring is 1. The highest BCUT2D eigenvalue weighted by Gasteiger charge is 2.15. The monoisotopic (exact) mass is 264 g/mol. The fourth-order valence-electron chi connectivity index (χ4n) is 1.75. The molecule has 7 heteroatoms. The Balaban J connectivity index is 2.11. The Morgan fingerprint density at radius 3 is 3.16 bits per heavy atom. The van der Waals surface area contributed by atoms with Crippen LogP contribution in [0.4, 0.5) is 5.69 Å². The minimum atomic E-state index is -0.746. The molecule has 0 fully saturated rings. The van der Waals surface area contributed by atoms with Crippen LogP contribution in [0, 0.1) is 0 Å². The standard InChI is InChI=1S/C12H16N4O3/c1-19-6-8(17)5-14-12(18)11-9-4-7(13)2-3-10(9)15-16-11/h2-4,8,17H,5-6,13H2,1H3,(H,14,18)(H,15,16). The molecule has 7 nitrogen and oxygen atoms in total. The predicted molar refractivity (Wildman–Crippen MR) is 70.7 cm³/mol. The molecule has 0 radical (unpaired) electrons. The third-order valence-corrected chi connectivity index (χ3v) is 2.66. The van der Waals surface area contributed by atoms with E-state index in [-0.39, 0.29) is 24.8 Å². The number of carbonyl (C=O) groups is 1. The van der Waals surface area contributed by atoms with Gasteiger partial charge in [-0.1, -0.05) is 0 Å². The summed E-state index contributed by atoms with van der Waals surface area (Å²) in [7, 11) is 1.48. The molecule has 0 saturated carbocycles.